The molecule has 1 atom stereocenters. The van der Waals surface area contributed by atoms with Crippen molar-refractivity contribution in [3.05, 3.63) is 33.8 Å². The van der Waals surface area contributed by atoms with Crippen molar-refractivity contribution in [2.75, 3.05) is 0 Å². The summed E-state index contributed by atoms with van der Waals surface area (Å²) in [7, 11) is -3.98. The molecule has 4 nitrogen and oxygen atoms in total. The van der Waals surface area contributed by atoms with E-state index in [9.17, 15) is 13.2 Å². The summed E-state index contributed by atoms with van der Waals surface area (Å²) >= 11 is 11.6. The molecule has 1 aliphatic rings. The van der Waals surface area contributed by atoms with Gasteiger partial charge in [-0.2, -0.15) is 8.42 Å². The molecular formula is C11H10Cl2O4S. The van der Waals surface area contributed by atoms with Crippen molar-refractivity contribution >= 4 is 39.1 Å². The first-order valence-corrected chi connectivity index (χ1v) is 7.31. The lowest BCUT2D eigenvalue weighted by Crippen LogP contribution is -2.29. The average molecular weight is 309 g/mol. The number of hydrogen-bond acceptors (Lipinski definition) is 4. The summed E-state index contributed by atoms with van der Waals surface area (Å²) < 4.78 is 28.6. The molecule has 0 spiro atoms. The highest BCUT2D eigenvalue weighted by molar-refractivity contribution is 7.88. The molecule has 98 valence electrons. The average Bonchev–Trinajstić information content (AvgIpc) is 2.37. The Morgan fingerprint density at radius 2 is 1.83 bits per heavy atom. The third-order valence-electron chi connectivity index (χ3n) is 2.69. The quantitative estimate of drug-likeness (QED) is 0.748. The van der Waals surface area contributed by atoms with Crippen molar-refractivity contribution in [2.24, 2.45) is 0 Å². The van der Waals surface area contributed by atoms with Crippen molar-refractivity contribution in [3.63, 3.8) is 0 Å². The lowest BCUT2D eigenvalue weighted by molar-refractivity contribution is -0.127. The Morgan fingerprint density at radius 3 is 2.28 bits per heavy atom. The normalized spacial score (nSPS) is 25.3. The molecule has 1 fully saturated rings. The summed E-state index contributed by atoms with van der Waals surface area (Å²) in [6.07, 6.45) is 0. The summed E-state index contributed by atoms with van der Waals surface area (Å²) in [6.45, 7) is 2.84. The first-order valence-electron chi connectivity index (χ1n) is 5.09. The largest absolute Gasteiger partial charge is 0.294 e. The van der Waals surface area contributed by atoms with E-state index in [-0.39, 0.29) is 10.6 Å². The molecule has 0 amide bonds. The molecule has 2 rings (SSSR count). The van der Waals surface area contributed by atoms with E-state index < -0.39 is 26.8 Å². The molecule has 0 bridgehead atoms. The van der Waals surface area contributed by atoms with Crippen LogP contribution in [0.4, 0.5) is 0 Å². The summed E-state index contributed by atoms with van der Waals surface area (Å²) in [5, 5.41) is -0.854. The van der Waals surface area contributed by atoms with Crippen molar-refractivity contribution in [1.82, 2.24) is 0 Å². The van der Waals surface area contributed by atoms with Gasteiger partial charge in [0.05, 0.1) is 10.0 Å². The van der Waals surface area contributed by atoms with Crippen LogP contribution in [0, 0.1) is 0 Å². The topological polar surface area (TPSA) is 60.4 Å². The predicted molar refractivity (Wildman–Crippen MR) is 68.3 cm³/mol. The van der Waals surface area contributed by atoms with Crippen molar-refractivity contribution in [1.29, 1.82) is 0 Å². The maximum absolute atomic E-state index is 12.1. The van der Waals surface area contributed by atoms with Gasteiger partial charge >= 0.3 is 0 Å². The SMILES string of the molecule is CC1(C)OS(=O)(=O)C(c2ccc(Cl)c(Cl)c2)C1=O. The van der Waals surface area contributed by atoms with Gasteiger partial charge in [0.2, 0.25) is 0 Å². The lowest BCUT2D eigenvalue weighted by atomic mass is 9.97. The van der Waals surface area contributed by atoms with Crippen LogP contribution in [0.5, 0.6) is 0 Å². The van der Waals surface area contributed by atoms with Gasteiger partial charge in [-0.25, -0.2) is 0 Å². The fourth-order valence-electron chi connectivity index (χ4n) is 1.82. The fourth-order valence-corrected chi connectivity index (χ4v) is 3.91. The summed E-state index contributed by atoms with van der Waals surface area (Å²) in [4.78, 5) is 12.1. The van der Waals surface area contributed by atoms with E-state index in [4.69, 9.17) is 27.4 Å². The van der Waals surface area contributed by atoms with E-state index in [0.717, 1.165) is 0 Å². The van der Waals surface area contributed by atoms with Crippen LogP contribution in [0.2, 0.25) is 10.0 Å². The zero-order valence-electron chi connectivity index (χ0n) is 9.61. The van der Waals surface area contributed by atoms with Crippen LogP contribution < -0.4 is 0 Å². The molecule has 1 aromatic carbocycles. The number of halogens is 2. The Kier molecular flexibility index (Phi) is 3.22. The highest BCUT2D eigenvalue weighted by Crippen LogP contribution is 2.40. The molecule has 18 heavy (non-hydrogen) atoms. The minimum Gasteiger partial charge on any atom is -0.294 e. The molecule has 7 heteroatoms. The van der Waals surface area contributed by atoms with Gasteiger partial charge in [0, 0.05) is 0 Å². The Hall–Kier alpha value is -0.620. The Bertz CT molecular complexity index is 622. The van der Waals surface area contributed by atoms with E-state index in [1.165, 1.54) is 32.0 Å². The second-order valence-corrected chi connectivity index (χ2v) is 6.94. The molecule has 1 aliphatic heterocycles. The van der Waals surface area contributed by atoms with Crippen LogP contribution in [-0.2, 0) is 19.1 Å². The van der Waals surface area contributed by atoms with E-state index in [0.29, 0.717) is 5.02 Å². The van der Waals surface area contributed by atoms with Crippen molar-refractivity contribution in [2.45, 2.75) is 24.7 Å². The van der Waals surface area contributed by atoms with Crippen LogP contribution in [0.1, 0.15) is 24.7 Å². The monoisotopic (exact) mass is 308 g/mol. The number of rotatable bonds is 1. The summed E-state index contributed by atoms with van der Waals surface area (Å²) in [5.41, 5.74) is -1.09. The standard InChI is InChI=1S/C11H10Cl2O4S/c1-11(2)10(14)9(18(15,16)17-11)6-3-4-7(12)8(13)5-6/h3-5,9H,1-2H3. The lowest BCUT2D eigenvalue weighted by Gasteiger charge is -2.11. The van der Waals surface area contributed by atoms with Gasteiger partial charge in [-0.3, -0.25) is 8.98 Å². The van der Waals surface area contributed by atoms with Crippen LogP contribution in [0.3, 0.4) is 0 Å². The van der Waals surface area contributed by atoms with Gasteiger partial charge in [0.25, 0.3) is 10.1 Å². The maximum atomic E-state index is 12.1. The second kappa shape index (κ2) is 4.20. The highest BCUT2D eigenvalue weighted by atomic mass is 35.5. The van der Waals surface area contributed by atoms with E-state index in [1.54, 1.807) is 0 Å². The molecule has 0 saturated carbocycles. The number of benzene rings is 1. The zero-order valence-corrected chi connectivity index (χ0v) is 11.9. The number of Topliss-reactive ketones (excluding diaryl/α,β-unsaturated/α-hetero) is 1. The predicted octanol–water partition coefficient (Wildman–Crippen LogP) is 2.74. The molecule has 0 N–H and O–H groups in total. The van der Waals surface area contributed by atoms with Gasteiger partial charge < -0.3 is 0 Å². The molecular weight excluding hydrogens is 299 g/mol. The summed E-state index contributed by atoms with van der Waals surface area (Å²) in [5.74, 6) is -0.513. The maximum Gasteiger partial charge on any atom is 0.282 e. The van der Waals surface area contributed by atoms with Gasteiger partial charge in [-0.15, -0.1) is 0 Å². The number of hydrogen-bond donors (Lipinski definition) is 0. The summed E-state index contributed by atoms with van der Waals surface area (Å²) in [6, 6.07) is 4.28. The zero-order chi connectivity index (χ0) is 13.7. The highest BCUT2D eigenvalue weighted by Gasteiger charge is 2.53. The molecule has 1 aromatic rings. The molecule has 0 aromatic heterocycles. The third-order valence-corrected chi connectivity index (χ3v) is 5.14. The van der Waals surface area contributed by atoms with Gasteiger partial charge in [-0.1, -0.05) is 29.3 Å². The molecule has 1 heterocycles. The Morgan fingerprint density at radius 1 is 1.22 bits per heavy atom. The number of carbonyl (C=O) groups is 1. The number of ketones is 1. The first-order chi connectivity index (χ1) is 8.15. The third kappa shape index (κ3) is 2.16. The van der Waals surface area contributed by atoms with E-state index in [2.05, 4.69) is 0 Å². The Labute approximate surface area is 115 Å². The minimum atomic E-state index is -3.98. The van der Waals surface area contributed by atoms with Gasteiger partial charge in [0.1, 0.15) is 5.60 Å². The van der Waals surface area contributed by atoms with Crippen LogP contribution in [0.25, 0.3) is 0 Å². The van der Waals surface area contributed by atoms with Crippen molar-refractivity contribution < 1.29 is 17.4 Å². The van der Waals surface area contributed by atoms with Gasteiger partial charge in [-0.05, 0) is 31.5 Å². The van der Waals surface area contributed by atoms with Crippen LogP contribution in [-0.4, -0.2) is 19.8 Å². The van der Waals surface area contributed by atoms with Crippen molar-refractivity contribution in [3.8, 4) is 0 Å². The smallest absolute Gasteiger partial charge is 0.282 e. The fraction of sp³-hybridized carbons (Fsp3) is 0.364. The molecule has 0 aliphatic carbocycles. The van der Waals surface area contributed by atoms with E-state index in [1.807, 2.05) is 0 Å². The Balaban J connectivity index is 2.56. The number of carbonyl (C=O) groups excluding carboxylic acids is 1. The molecule has 1 unspecified atom stereocenters. The molecule has 1 saturated heterocycles. The van der Waals surface area contributed by atoms with Gasteiger partial charge in [0.15, 0.2) is 11.0 Å². The minimum absolute atomic E-state index is 0.196. The van der Waals surface area contributed by atoms with Crippen LogP contribution >= 0.6 is 23.2 Å². The first kappa shape index (κ1) is 13.8. The van der Waals surface area contributed by atoms with E-state index >= 15 is 0 Å². The van der Waals surface area contributed by atoms with Crippen LogP contribution in [0.15, 0.2) is 18.2 Å². The second-order valence-electron chi connectivity index (χ2n) is 4.50. The molecule has 0 radical (unpaired) electrons.